The molecule has 0 saturated heterocycles. The Bertz CT molecular complexity index is 1620. The third-order valence-corrected chi connectivity index (χ3v) is 8.76. The van der Waals surface area contributed by atoms with Gasteiger partial charge in [0.15, 0.2) is 0 Å². The number of pyridine rings is 1. The first-order valence-corrected chi connectivity index (χ1v) is 14.6. The van der Waals surface area contributed by atoms with E-state index in [0.717, 1.165) is 61.1 Å². The molecule has 1 fully saturated rings. The molecule has 0 aliphatic heterocycles. The number of carbonyl (C=O) groups excluding carboxylic acids is 1. The van der Waals surface area contributed by atoms with Crippen LogP contribution in [0.15, 0.2) is 48.7 Å². The second-order valence-corrected chi connectivity index (χ2v) is 10.9. The highest BCUT2D eigenvalue weighted by Gasteiger charge is 2.31. The number of ether oxygens (including phenoxy) is 1. The maximum Gasteiger partial charge on any atom is 0.354 e. The third-order valence-electron chi connectivity index (χ3n) is 7.09. The number of halogens is 3. The van der Waals surface area contributed by atoms with Gasteiger partial charge >= 0.3 is 5.97 Å². The van der Waals surface area contributed by atoms with Crippen molar-refractivity contribution in [1.29, 1.82) is 0 Å². The Morgan fingerprint density at radius 3 is 2.35 bits per heavy atom. The van der Waals surface area contributed by atoms with Gasteiger partial charge in [0, 0.05) is 24.3 Å². The van der Waals surface area contributed by atoms with Gasteiger partial charge in [0.05, 0.1) is 22.2 Å². The molecule has 0 unspecified atom stereocenters. The molecule has 0 radical (unpaired) electrons. The highest BCUT2D eigenvalue weighted by atomic mass is 35.5. The highest BCUT2D eigenvalue weighted by molar-refractivity contribution is 7.21. The first-order chi connectivity index (χ1) is 20.8. The van der Waals surface area contributed by atoms with Crippen LogP contribution in [0.25, 0.3) is 21.2 Å². The topological polar surface area (TPSA) is 106 Å². The van der Waals surface area contributed by atoms with Gasteiger partial charge in [-0.2, -0.15) is 0 Å². The predicted octanol–water partition coefficient (Wildman–Crippen LogP) is 7.40. The quantitative estimate of drug-likeness (QED) is 0.207. The minimum Gasteiger partial charge on any atom is -0.496 e. The van der Waals surface area contributed by atoms with Crippen LogP contribution in [0, 0.1) is 24.5 Å². The molecule has 7 nitrogen and oxygen atoms in total. The van der Waals surface area contributed by atoms with Gasteiger partial charge in [-0.25, -0.2) is 18.6 Å². The molecule has 0 bridgehead atoms. The first kappa shape index (κ1) is 33.5. The van der Waals surface area contributed by atoms with E-state index < -0.39 is 23.5 Å². The van der Waals surface area contributed by atoms with Crippen LogP contribution >= 0.6 is 22.9 Å². The highest BCUT2D eigenvalue weighted by Crippen LogP contribution is 2.40. The maximum atomic E-state index is 14.6. The number of fused-ring (bicyclic) bond motifs is 1. The summed E-state index contributed by atoms with van der Waals surface area (Å²) >= 11 is 7.36. The Balaban J connectivity index is 0.00000121. The molecule has 1 amide bonds. The lowest BCUT2D eigenvalue weighted by Gasteiger charge is -2.34. The van der Waals surface area contributed by atoms with Gasteiger partial charge in [0.2, 0.25) is 0 Å². The molecule has 2 aromatic carbocycles. The van der Waals surface area contributed by atoms with Gasteiger partial charge in [-0.05, 0) is 67.4 Å². The van der Waals surface area contributed by atoms with E-state index in [0.29, 0.717) is 16.9 Å². The Labute approximate surface area is 258 Å². The summed E-state index contributed by atoms with van der Waals surface area (Å²) in [5, 5.41) is 9.18. The van der Waals surface area contributed by atoms with Crippen molar-refractivity contribution in [2.75, 3.05) is 14.2 Å². The normalized spacial score (nSPS) is 12.8. The molecule has 2 heterocycles. The summed E-state index contributed by atoms with van der Waals surface area (Å²) < 4.78 is 34.7. The number of aromatic nitrogens is 1. The molecule has 0 atom stereocenters. The number of hydrogen-bond donors (Lipinski definition) is 2. The van der Waals surface area contributed by atoms with Crippen LogP contribution in [0.5, 0.6) is 5.75 Å². The number of carboxylic acid groups (broad SMARTS) is 1. The fraction of sp³-hybridized carbons (Fsp3) is 0.281. The van der Waals surface area contributed by atoms with Crippen molar-refractivity contribution >= 4 is 44.9 Å². The van der Waals surface area contributed by atoms with Crippen molar-refractivity contribution in [3.05, 3.63) is 81.5 Å². The molecule has 2 aromatic heterocycles. The van der Waals surface area contributed by atoms with Gasteiger partial charge in [-0.3, -0.25) is 4.79 Å². The summed E-state index contributed by atoms with van der Waals surface area (Å²) in [6, 6.07) is 10.6. The minimum absolute atomic E-state index is 0.0124. The molecule has 226 valence electrons. The van der Waals surface area contributed by atoms with Gasteiger partial charge in [0.25, 0.3) is 5.91 Å². The number of nitrogens with zero attached hydrogens (tertiary/aromatic N) is 2. The van der Waals surface area contributed by atoms with E-state index in [1.165, 1.54) is 26.4 Å². The van der Waals surface area contributed by atoms with Crippen LogP contribution < -0.4 is 10.5 Å². The van der Waals surface area contributed by atoms with Crippen molar-refractivity contribution in [1.82, 2.24) is 9.88 Å². The number of methoxy groups -OCH3 is 1. The van der Waals surface area contributed by atoms with Crippen LogP contribution in [0.4, 0.5) is 8.78 Å². The molecule has 3 N–H and O–H groups in total. The zero-order valence-corrected chi connectivity index (χ0v) is 25.4. The van der Waals surface area contributed by atoms with Crippen LogP contribution in [0.1, 0.15) is 57.8 Å². The number of rotatable bonds is 7. The summed E-state index contributed by atoms with van der Waals surface area (Å²) in [7, 11) is 3.04. The first-order valence-electron chi connectivity index (χ1n) is 13.4. The van der Waals surface area contributed by atoms with Crippen molar-refractivity contribution in [2.45, 2.75) is 44.7 Å². The Morgan fingerprint density at radius 2 is 1.72 bits per heavy atom. The zero-order chi connectivity index (χ0) is 31.7. The minimum atomic E-state index is -1.13. The smallest absolute Gasteiger partial charge is 0.354 e. The number of benzene rings is 2. The molecule has 1 aliphatic rings. The number of nitrogens with two attached hydrogens (primary N) is 1. The number of thiophene rings is 1. The number of terminal acetylenes is 1. The molecule has 5 rings (SSSR count). The van der Waals surface area contributed by atoms with E-state index in [-0.39, 0.29) is 38.3 Å². The van der Waals surface area contributed by atoms with Gasteiger partial charge in [-0.15, -0.1) is 24.2 Å². The fourth-order valence-corrected chi connectivity index (χ4v) is 6.62. The van der Waals surface area contributed by atoms with Crippen LogP contribution in [0.3, 0.4) is 0 Å². The van der Waals surface area contributed by atoms with Crippen molar-refractivity contribution < 1.29 is 28.2 Å². The average Bonchev–Trinajstić information content (AvgIpc) is 3.41. The number of carboxylic acids is 1. The van der Waals surface area contributed by atoms with Gasteiger partial charge < -0.3 is 20.5 Å². The zero-order valence-electron chi connectivity index (χ0n) is 23.8. The second-order valence-electron chi connectivity index (χ2n) is 9.46. The third kappa shape index (κ3) is 7.31. The fourth-order valence-electron chi connectivity index (χ4n) is 5.12. The predicted molar refractivity (Wildman–Crippen MR) is 167 cm³/mol. The molecular formula is C32H32ClF2N3O4S. The summed E-state index contributed by atoms with van der Waals surface area (Å²) in [4.78, 5) is 31.2. The summed E-state index contributed by atoms with van der Waals surface area (Å²) in [5.74, 6) is -2.28. The van der Waals surface area contributed by atoms with Crippen molar-refractivity contribution in [3.63, 3.8) is 0 Å². The number of amides is 1. The monoisotopic (exact) mass is 627 g/mol. The van der Waals surface area contributed by atoms with Crippen LogP contribution in [0.2, 0.25) is 5.02 Å². The second kappa shape index (κ2) is 15.4. The van der Waals surface area contributed by atoms with E-state index in [1.807, 2.05) is 12.1 Å². The van der Waals surface area contributed by atoms with E-state index in [9.17, 15) is 23.5 Å². The Morgan fingerprint density at radius 1 is 1.07 bits per heavy atom. The lowest BCUT2D eigenvalue weighted by atomic mass is 9.93. The summed E-state index contributed by atoms with van der Waals surface area (Å²) in [6.45, 7) is 0.174. The lowest BCUT2D eigenvalue weighted by molar-refractivity contribution is 0.0617. The SMILES string of the molecule is C#C.CN.COc1ccc(-c2ccnc(C(=O)O)c2)cc1CN(C(=O)c1sc2c(F)ccc(F)c2c1Cl)C1CCCCC1. The molecule has 1 aliphatic carbocycles. The van der Waals surface area contributed by atoms with Crippen LogP contribution in [-0.4, -0.2) is 47.1 Å². The molecule has 4 aromatic rings. The standard InChI is InChI=1S/C29H25ClF2N2O4S.C2H2.CH5N/c1-38-23-10-7-16(17-11-12-33-22(14-17)29(36)37)13-18(23)15-34(19-5-3-2-4-6-19)28(35)27-25(30)24-20(31)8-9-21(32)26(24)39-27;2*1-2/h7-14,19H,2-6,15H2,1H3,(H,36,37);1-2H;2H2,1H3. The van der Waals surface area contributed by atoms with Gasteiger partial charge in [0.1, 0.15) is 28.0 Å². The largest absolute Gasteiger partial charge is 0.496 e. The Kier molecular flexibility index (Phi) is 12.0. The Hall–Kier alpha value is -4.04. The van der Waals surface area contributed by atoms with E-state index in [4.69, 9.17) is 16.3 Å². The van der Waals surface area contributed by atoms with Crippen molar-refractivity contribution in [3.8, 4) is 29.7 Å². The van der Waals surface area contributed by atoms with E-state index in [1.54, 1.807) is 17.0 Å². The lowest BCUT2D eigenvalue weighted by Crippen LogP contribution is -2.40. The molecule has 11 heteroatoms. The maximum absolute atomic E-state index is 14.6. The van der Waals surface area contributed by atoms with E-state index in [2.05, 4.69) is 23.6 Å². The molecule has 0 spiro atoms. The average molecular weight is 628 g/mol. The summed E-state index contributed by atoms with van der Waals surface area (Å²) in [6.07, 6.45) is 14.0. The molecule has 1 saturated carbocycles. The molecular weight excluding hydrogens is 596 g/mol. The van der Waals surface area contributed by atoms with Gasteiger partial charge in [-0.1, -0.05) is 36.9 Å². The summed E-state index contributed by atoms with van der Waals surface area (Å²) in [5.41, 5.74) is 6.51. The van der Waals surface area contributed by atoms with Crippen LogP contribution in [-0.2, 0) is 6.54 Å². The van der Waals surface area contributed by atoms with Crippen molar-refractivity contribution in [2.24, 2.45) is 5.73 Å². The number of aromatic carboxylic acids is 1. The number of hydrogen-bond acceptors (Lipinski definition) is 6. The molecule has 43 heavy (non-hydrogen) atoms. The number of carbonyl (C=O) groups is 2. The van der Waals surface area contributed by atoms with E-state index >= 15 is 0 Å².